The molecule has 0 aromatic heterocycles. The summed E-state index contributed by atoms with van der Waals surface area (Å²) in [5.41, 5.74) is 0. The highest BCUT2D eigenvalue weighted by Gasteiger charge is 2.47. The van der Waals surface area contributed by atoms with Gasteiger partial charge in [-0.2, -0.15) is 0 Å². The van der Waals surface area contributed by atoms with Gasteiger partial charge in [0, 0.05) is 27.1 Å². The van der Waals surface area contributed by atoms with Gasteiger partial charge in [0.1, 0.15) is 0 Å². The van der Waals surface area contributed by atoms with E-state index in [1.54, 1.807) is 14.2 Å². The van der Waals surface area contributed by atoms with Crippen LogP contribution in [-0.4, -0.2) is 46.6 Å². The Balaban J connectivity index is 0. The molecule has 0 heterocycles. The fourth-order valence-electron chi connectivity index (χ4n) is 4.64. The molecule has 0 saturated carbocycles. The van der Waals surface area contributed by atoms with Crippen LogP contribution in [-0.2, 0) is 18.7 Å². The molecule has 5 nitrogen and oxygen atoms in total. The molecule has 0 aliphatic carbocycles. The molecule has 0 rings (SSSR count). The van der Waals surface area contributed by atoms with Crippen molar-refractivity contribution >= 4 is 33.7 Å². The zero-order chi connectivity index (χ0) is 26.8. The van der Waals surface area contributed by atoms with Crippen LogP contribution in [0.1, 0.15) is 143 Å². The van der Waals surface area contributed by atoms with Crippen molar-refractivity contribution in [3.8, 4) is 0 Å². The summed E-state index contributed by atoms with van der Waals surface area (Å²) >= 11 is 4.09. The van der Waals surface area contributed by atoms with Crippen LogP contribution in [0.4, 0.5) is 0 Å². The summed E-state index contributed by atoms with van der Waals surface area (Å²) < 4.78 is 16.5. The molecule has 0 spiro atoms. The first-order valence-corrected chi connectivity index (χ1v) is 15.5. The number of methoxy groups -OCH3 is 2. The van der Waals surface area contributed by atoms with Gasteiger partial charge in [-0.1, -0.05) is 123 Å². The van der Waals surface area contributed by atoms with Gasteiger partial charge in [0.25, 0.3) is 5.79 Å². The van der Waals surface area contributed by atoms with Gasteiger partial charge in [-0.25, -0.2) is 4.79 Å². The maximum atomic E-state index is 12.5. The number of hydrogen-bond donors (Lipinski definition) is 1. The number of aliphatic hydroxyl groups excluding tert-OH is 1. The van der Waals surface area contributed by atoms with Crippen molar-refractivity contribution < 1.29 is 23.8 Å². The van der Waals surface area contributed by atoms with Gasteiger partial charge in [-0.3, -0.25) is 0 Å². The second-order valence-electron chi connectivity index (χ2n) is 9.66. The third kappa shape index (κ3) is 20.3. The Hall–Kier alpha value is -0.503. The summed E-state index contributed by atoms with van der Waals surface area (Å²) in [5.74, 6) is -1.52. The van der Waals surface area contributed by atoms with E-state index in [-0.39, 0.29) is 16.9 Å². The third-order valence-electron chi connectivity index (χ3n) is 6.68. The molecule has 0 aliphatic rings. The fraction of sp³-hybridized carbons (Fsp3) is 0.929. The maximum absolute atomic E-state index is 12.5. The van der Waals surface area contributed by atoms with Gasteiger partial charge in [0.2, 0.25) is 10.5 Å². The summed E-state index contributed by atoms with van der Waals surface area (Å²) in [4.78, 5) is 12.5. The highest BCUT2D eigenvalue weighted by Crippen LogP contribution is 2.33. The van der Waals surface area contributed by atoms with E-state index in [4.69, 9.17) is 19.0 Å². The third-order valence-corrected chi connectivity index (χ3v) is 7.05. The first-order valence-electron chi connectivity index (χ1n) is 14.2. The summed E-state index contributed by atoms with van der Waals surface area (Å²) in [7, 11) is 3.51. The lowest BCUT2D eigenvalue weighted by molar-refractivity contribution is -0.246. The minimum Gasteiger partial charge on any atom is -0.525 e. The Bertz CT molecular complexity index is 482. The van der Waals surface area contributed by atoms with E-state index < -0.39 is 5.79 Å². The number of rotatable bonds is 23. The Morgan fingerprint density at radius 2 is 1.03 bits per heavy atom. The summed E-state index contributed by atoms with van der Waals surface area (Å²) in [5, 5.41) is 7.79. The molecule has 35 heavy (non-hydrogen) atoms. The largest absolute Gasteiger partial charge is 0.525 e. The number of ether oxygens (including phenoxy) is 2. The molecular weight excluding hydrogens is 476 g/mol. The monoisotopic (exact) mass is 534 g/mol. The molecule has 210 valence electrons. The minimum atomic E-state index is -1.23. The quantitative estimate of drug-likeness (QED) is 0.0625. The average molecular weight is 535 g/mol. The Morgan fingerprint density at radius 3 is 1.31 bits per heavy atom. The van der Waals surface area contributed by atoms with E-state index in [1.165, 1.54) is 103 Å². The van der Waals surface area contributed by atoms with Crippen LogP contribution in [0.2, 0.25) is 0 Å². The van der Waals surface area contributed by atoms with E-state index in [0.29, 0.717) is 10.5 Å². The molecule has 0 bridgehead atoms. The van der Waals surface area contributed by atoms with E-state index in [1.807, 2.05) is 0 Å². The van der Waals surface area contributed by atoms with Crippen molar-refractivity contribution in [2.24, 2.45) is 5.92 Å². The van der Waals surface area contributed by atoms with Crippen molar-refractivity contribution in [1.82, 2.24) is 0 Å². The fourth-order valence-corrected chi connectivity index (χ4v) is 4.93. The molecular formula is C28H58O5SSi. The Morgan fingerprint density at radius 1 is 0.743 bits per heavy atom. The molecule has 1 unspecified atom stereocenters. The number of hydrogen-bond acceptors (Lipinski definition) is 5. The van der Waals surface area contributed by atoms with Crippen LogP contribution in [0.15, 0.2) is 0 Å². The van der Waals surface area contributed by atoms with E-state index >= 15 is 0 Å². The number of unbranched alkanes of at least 4 members (excludes halogenated alkanes) is 15. The smallest absolute Gasteiger partial charge is 0.353 e. The standard InChI is InChI=1S/C26H54O4Si.C2H4OS/c1-5-7-9-11-12-13-14-15-16-17-18-19-21-23-24(22-20-10-8-6-2)26(28-3,29-4)25(27)30-31;1-2(3)4/h24H,5-23H2,1-4,31H3;1H3,(H,3,4). The lowest BCUT2D eigenvalue weighted by Gasteiger charge is -2.36. The highest BCUT2D eigenvalue weighted by atomic mass is 32.1. The zero-order valence-corrected chi connectivity index (χ0v) is 26.8. The predicted molar refractivity (Wildman–Crippen MR) is 156 cm³/mol. The van der Waals surface area contributed by atoms with Gasteiger partial charge >= 0.3 is 5.97 Å². The lowest BCUT2D eigenvalue weighted by atomic mass is 9.86. The van der Waals surface area contributed by atoms with E-state index in [0.717, 1.165) is 25.7 Å². The lowest BCUT2D eigenvalue weighted by Crippen LogP contribution is -2.50. The molecule has 0 aliphatic heterocycles. The van der Waals surface area contributed by atoms with Gasteiger partial charge < -0.3 is 19.0 Å². The van der Waals surface area contributed by atoms with E-state index in [2.05, 4.69) is 26.1 Å². The highest BCUT2D eigenvalue weighted by molar-refractivity contribution is 7.79. The van der Waals surface area contributed by atoms with Crippen LogP contribution in [0.3, 0.4) is 0 Å². The normalized spacial score (nSPS) is 12.1. The summed E-state index contributed by atoms with van der Waals surface area (Å²) in [6, 6.07) is 0. The van der Waals surface area contributed by atoms with Crippen LogP contribution >= 0.6 is 12.2 Å². The number of thiocarbonyl (C=S) groups is 1. The van der Waals surface area contributed by atoms with E-state index in [9.17, 15) is 4.79 Å². The number of aliphatic hydroxyl groups is 1. The summed E-state index contributed by atoms with van der Waals surface area (Å²) in [6.07, 6.45) is 24.2. The van der Waals surface area contributed by atoms with Crippen molar-refractivity contribution in [3.63, 3.8) is 0 Å². The molecule has 0 aromatic carbocycles. The number of carbonyl (C=O) groups excluding carboxylic acids is 1. The van der Waals surface area contributed by atoms with Crippen molar-refractivity contribution in [2.45, 2.75) is 149 Å². The topological polar surface area (TPSA) is 65.0 Å². The van der Waals surface area contributed by atoms with Crippen LogP contribution in [0.25, 0.3) is 0 Å². The molecule has 7 heteroatoms. The summed E-state index contributed by atoms with van der Waals surface area (Å²) in [6.45, 7) is 5.95. The first-order chi connectivity index (χ1) is 16.9. The molecule has 0 fully saturated rings. The Kier molecular flexibility index (Phi) is 27.8. The SMILES string of the molecule is CC(O)=S.CCCCCCCCCCCCCCCC(CCCCCC)C(OC)(OC)C(=O)O[SiH3]. The molecule has 0 aromatic rings. The minimum absolute atomic E-state index is 0.000000000000000222. The van der Waals surface area contributed by atoms with Gasteiger partial charge in [0.15, 0.2) is 5.05 Å². The Labute approximate surface area is 226 Å². The first kappa shape index (κ1) is 36.7. The number of carbonyl (C=O) groups is 1. The molecule has 1 N–H and O–H groups in total. The van der Waals surface area contributed by atoms with Gasteiger partial charge in [0.05, 0.1) is 0 Å². The zero-order valence-electron chi connectivity index (χ0n) is 24.0. The average Bonchev–Trinajstić information content (AvgIpc) is 2.84. The molecule has 1 atom stereocenters. The van der Waals surface area contributed by atoms with Crippen molar-refractivity contribution in [2.75, 3.05) is 14.2 Å². The molecule has 0 saturated heterocycles. The van der Waals surface area contributed by atoms with Crippen LogP contribution in [0.5, 0.6) is 0 Å². The van der Waals surface area contributed by atoms with Crippen molar-refractivity contribution in [3.05, 3.63) is 0 Å². The van der Waals surface area contributed by atoms with Crippen LogP contribution in [0, 0.1) is 5.92 Å². The van der Waals surface area contributed by atoms with Crippen molar-refractivity contribution in [1.29, 1.82) is 0 Å². The predicted octanol–water partition coefficient (Wildman–Crippen LogP) is 7.76. The van der Waals surface area contributed by atoms with Crippen LogP contribution < -0.4 is 0 Å². The molecule has 0 radical (unpaired) electrons. The maximum Gasteiger partial charge on any atom is 0.353 e. The molecule has 0 amide bonds. The van der Waals surface area contributed by atoms with Gasteiger partial charge in [-0.05, 0) is 25.1 Å². The second kappa shape index (κ2) is 26.6. The van der Waals surface area contributed by atoms with Gasteiger partial charge in [-0.15, -0.1) is 0 Å². The second-order valence-corrected chi connectivity index (χ2v) is 10.7.